The van der Waals surface area contributed by atoms with E-state index in [9.17, 15) is 14.7 Å². The van der Waals surface area contributed by atoms with E-state index < -0.39 is 5.76 Å². The van der Waals surface area contributed by atoms with E-state index >= 15 is 0 Å². The number of amides is 1. The number of fused-ring (bicyclic) bond motifs is 1. The summed E-state index contributed by atoms with van der Waals surface area (Å²) in [6, 6.07) is 7.47. The average molecular weight is 332 g/mol. The fourth-order valence-electron chi connectivity index (χ4n) is 3.53. The number of para-hydroxylation sites is 2. The molecule has 1 aromatic carbocycles. The molecule has 6 nitrogen and oxygen atoms in total. The Morgan fingerprint density at radius 3 is 2.71 bits per heavy atom. The molecule has 0 radical (unpaired) electrons. The van der Waals surface area contributed by atoms with Crippen LogP contribution < -0.4 is 5.76 Å². The average Bonchev–Trinajstić information content (AvgIpc) is 2.94. The standard InChI is InChI=1S/C18H24N2O4/c1-19(14-8-6-13(12-21)7-9-14)17(22)10-11-20-15-4-2-3-5-16(15)24-18(20)23/h2-5,13-14,21H,6-12H2,1H3. The first-order valence-electron chi connectivity index (χ1n) is 8.55. The van der Waals surface area contributed by atoms with Crippen molar-refractivity contribution in [1.82, 2.24) is 9.47 Å². The van der Waals surface area contributed by atoms with E-state index in [0.717, 1.165) is 31.2 Å². The van der Waals surface area contributed by atoms with Crippen LogP contribution in [0.5, 0.6) is 0 Å². The van der Waals surface area contributed by atoms with Gasteiger partial charge in [0.2, 0.25) is 5.91 Å². The smallest absolute Gasteiger partial charge is 0.408 e. The Labute approximate surface area is 140 Å². The molecule has 3 rings (SSSR count). The van der Waals surface area contributed by atoms with Crippen molar-refractivity contribution in [2.45, 2.75) is 44.7 Å². The molecule has 2 aromatic rings. The minimum absolute atomic E-state index is 0.0413. The van der Waals surface area contributed by atoms with E-state index in [1.165, 1.54) is 4.57 Å². The molecule has 1 saturated carbocycles. The number of carbonyl (C=O) groups is 1. The number of hydrogen-bond donors (Lipinski definition) is 1. The molecular formula is C18H24N2O4. The number of benzene rings is 1. The lowest BCUT2D eigenvalue weighted by atomic mass is 9.86. The van der Waals surface area contributed by atoms with Gasteiger partial charge in [-0.1, -0.05) is 12.1 Å². The minimum Gasteiger partial charge on any atom is -0.408 e. The van der Waals surface area contributed by atoms with Crippen LogP contribution in [0.1, 0.15) is 32.1 Å². The van der Waals surface area contributed by atoms with Crippen molar-refractivity contribution in [3.05, 3.63) is 34.8 Å². The molecule has 0 spiro atoms. The van der Waals surface area contributed by atoms with Gasteiger partial charge >= 0.3 is 5.76 Å². The van der Waals surface area contributed by atoms with Gasteiger partial charge in [0.1, 0.15) is 0 Å². The number of rotatable bonds is 5. The normalized spacial score (nSPS) is 21.1. The lowest BCUT2D eigenvalue weighted by Crippen LogP contribution is -2.40. The molecule has 1 amide bonds. The zero-order valence-corrected chi connectivity index (χ0v) is 14.0. The molecule has 24 heavy (non-hydrogen) atoms. The fourth-order valence-corrected chi connectivity index (χ4v) is 3.53. The highest BCUT2D eigenvalue weighted by Crippen LogP contribution is 2.27. The zero-order chi connectivity index (χ0) is 17.1. The molecule has 0 aliphatic heterocycles. The SMILES string of the molecule is CN(C(=O)CCn1c(=O)oc2ccccc21)C1CCC(CO)CC1. The highest BCUT2D eigenvalue weighted by atomic mass is 16.4. The maximum absolute atomic E-state index is 12.5. The predicted octanol–water partition coefficient (Wildman–Crippen LogP) is 1.99. The molecule has 0 bridgehead atoms. The van der Waals surface area contributed by atoms with Crippen molar-refractivity contribution >= 4 is 17.0 Å². The molecule has 1 N–H and O–H groups in total. The number of hydrogen-bond acceptors (Lipinski definition) is 4. The Hall–Kier alpha value is -2.08. The number of aliphatic hydroxyl groups excluding tert-OH is 1. The van der Waals surface area contributed by atoms with E-state index in [2.05, 4.69) is 0 Å². The summed E-state index contributed by atoms with van der Waals surface area (Å²) in [5.41, 5.74) is 1.27. The van der Waals surface area contributed by atoms with Gasteiger partial charge in [-0.3, -0.25) is 9.36 Å². The van der Waals surface area contributed by atoms with E-state index in [1.807, 2.05) is 25.2 Å². The first-order valence-corrected chi connectivity index (χ1v) is 8.55. The van der Waals surface area contributed by atoms with Crippen LogP contribution in [0.3, 0.4) is 0 Å². The van der Waals surface area contributed by atoms with Crippen molar-refractivity contribution in [2.24, 2.45) is 5.92 Å². The topological polar surface area (TPSA) is 75.7 Å². The number of oxazole rings is 1. The van der Waals surface area contributed by atoms with Gasteiger partial charge in [0.15, 0.2) is 5.58 Å². The Balaban J connectivity index is 1.61. The van der Waals surface area contributed by atoms with Gasteiger partial charge in [-0.15, -0.1) is 0 Å². The zero-order valence-electron chi connectivity index (χ0n) is 14.0. The third-order valence-corrected chi connectivity index (χ3v) is 5.14. The number of aromatic nitrogens is 1. The van der Waals surface area contributed by atoms with Gasteiger partial charge in [0, 0.05) is 32.7 Å². The van der Waals surface area contributed by atoms with Crippen LogP contribution in [-0.2, 0) is 11.3 Å². The van der Waals surface area contributed by atoms with Crippen LogP contribution in [0.25, 0.3) is 11.1 Å². The van der Waals surface area contributed by atoms with Crippen LogP contribution in [0.4, 0.5) is 0 Å². The summed E-state index contributed by atoms with van der Waals surface area (Å²) in [5, 5.41) is 9.21. The number of aryl methyl sites for hydroxylation is 1. The van der Waals surface area contributed by atoms with Gasteiger partial charge in [-0.2, -0.15) is 0 Å². The highest BCUT2D eigenvalue weighted by Gasteiger charge is 2.26. The summed E-state index contributed by atoms with van der Waals surface area (Å²) < 4.78 is 6.71. The van der Waals surface area contributed by atoms with Crippen molar-refractivity contribution in [3.63, 3.8) is 0 Å². The molecular weight excluding hydrogens is 308 g/mol. The maximum atomic E-state index is 12.5. The second-order valence-corrected chi connectivity index (χ2v) is 6.60. The molecule has 1 aliphatic rings. The lowest BCUT2D eigenvalue weighted by Gasteiger charge is -2.34. The first kappa shape index (κ1) is 16.8. The van der Waals surface area contributed by atoms with Crippen molar-refractivity contribution in [3.8, 4) is 0 Å². The van der Waals surface area contributed by atoms with E-state index in [1.54, 1.807) is 11.0 Å². The van der Waals surface area contributed by atoms with Gasteiger partial charge in [-0.05, 0) is 43.7 Å². The Morgan fingerprint density at radius 1 is 1.29 bits per heavy atom. The fraction of sp³-hybridized carbons (Fsp3) is 0.556. The minimum atomic E-state index is -0.421. The van der Waals surface area contributed by atoms with Crippen molar-refractivity contribution in [1.29, 1.82) is 0 Å². The Morgan fingerprint density at radius 2 is 2.00 bits per heavy atom. The summed E-state index contributed by atoms with van der Waals surface area (Å²) in [6.07, 6.45) is 4.07. The Bertz CT molecular complexity index is 756. The Kier molecular flexibility index (Phi) is 5.04. The molecule has 130 valence electrons. The molecule has 1 heterocycles. The first-order chi connectivity index (χ1) is 11.6. The summed E-state index contributed by atoms with van der Waals surface area (Å²) in [6.45, 7) is 0.561. The van der Waals surface area contributed by atoms with Gasteiger partial charge in [0.25, 0.3) is 0 Å². The summed E-state index contributed by atoms with van der Waals surface area (Å²) in [4.78, 5) is 26.2. The maximum Gasteiger partial charge on any atom is 0.419 e. The molecule has 0 atom stereocenters. The number of aliphatic hydroxyl groups is 1. The van der Waals surface area contributed by atoms with Gasteiger partial charge in [-0.25, -0.2) is 4.79 Å². The highest BCUT2D eigenvalue weighted by molar-refractivity contribution is 5.77. The summed E-state index contributed by atoms with van der Waals surface area (Å²) >= 11 is 0. The van der Waals surface area contributed by atoms with Crippen LogP contribution in [0.2, 0.25) is 0 Å². The number of nitrogens with zero attached hydrogens (tertiary/aromatic N) is 2. The molecule has 6 heteroatoms. The number of carbonyl (C=O) groups excluding carboxylic acids is 1. The third-order valence-electron chi connectivity index (χ3n) is 5.14. The third kappa shape index (κ3) is 3.38. The van der Waals surface area contributed by atoms with Crippen LogP contribution >= 0.6 is 0 Å². The van der Waals surface area contributed by atoms with Gasteiger partial charge in [0.05, 0.1) is 5.52 Å². The van der Waals surface area contributed by atoms with Crippen LogP contribution in [0.15, 0.2) is 33.5 Å². The quantitative estimate of drug-likeness (QED) is 0.908. The second kappa shape index (κ2) is 7.21. The molecule has 1 fully saturated rings. The van der Waals surface area contributed by atoms with Crippen molar-refractivity contribution < 1.29 is 14.3 Å². The lowest BCUT2D eigenvalue weighted by molar-refractivity contribution is -0.133. The monoisotopic (exact) mass is 332 g/mol. The molecule has 0 saturated heterocycles. The summed E-state index contributed by atoms with van der Waals surface area (Å²) in [7, 11) is 1.84. The van der Waals surface area contributed by atoms with E-state index in [4.69, 9.17) is 4.42 Å². The molecule has 1 aliphatic carbocycles. The van der Waals surface area contributed by atoms with Crippen molar-refractivity contribution in [2.75, 3.05) is 13.7 Å². The largest absolute Gasteiger partial charge is 0.419 e. The molecule has 1 aromatic heterocycles. The van der Waals surface area contributed by atoms with Crippen LogP contribution in [0, 0.1) is 5.92 Å². The predicted molar refractivity (Wildman–Crippen MR) is 90.7 cm³/mol. The van der Waals surface area contributed by atoms with E-state index in [-0.39, 0.29) is 25.0 Å². The van der Waals surface area contributed by atoms with Crippen LogP contribution in [-0.4, -0.2) is 40.2 Å². The van der Waals surface area contributed by atoms with E-state index in [0.29, 0.717) is 18.0 Å². The van der Waals surface area contributed by atoms with Gasteiger partial charge < -0.3 is 14.4 Å². The second-order valence-electron chi connectivity index (χ2n) is 6.60. The summed E-state index contributed by atoms with van der Waals surface area (Å²) in [5.74, 6) is -0.00430. The molecule has 0 unspecified atom stereocenters.